The summed E-state index contributed by atoms with van der Waals surface area (Å²) in [5.41, 5.74) is 26.1. The Hall–Kier alpha value is -9.32. The Morgan fingerprint density at radius 3 is 1.06 bits per heavy atom. The fourth-order valence-corrected chi connectivity index (χ4v) is 13.1. The van der Waals surface area contributed by atoms with E-state index in [0.717, 1.165) is 69.3 Å². The van der Waals surface area contributed by atoms with Gasteiger partial charge >= 0.3 is 0 Å². The Bertz CT molecular complexity index is 3680. The number of ether oxygens (including phenoxy) is 2. The van der Waals surface area contributed by atoms with Crippen LogP contribution in [0, 0.1) is 0 Å². The van der Waals surface area contributed by atoms with Crippen molar-refractivity contribution in [2.45, 2.75) is 38.0 Å². The van der Waals surface area contributed by atoms with Crippen LogP contribution in [0.4, 0.5) is 34.1 Å². The number of fused-ring (bicyclic) bond motifs is 4. The lowest BCUT2D eigenvalue weighted by molar-refractivity contribution is 0.415. The van der Waals surface area contributed by atoms with Gasteiger partial charge in [0.2, 0.25) is 0 Å². The standard InChI is InChI=1S/C74H59BN2O2/c1-78-60-34-18-32-55(44-60)57-40-42-66-68(46-57)76(73-62(51-24-10-4-11-25-51)36-20-37-63(73)52-26-12-5-13-27-52)70-48-59(50-22-8-3-9-23-50)49-71-72(70)75(66)67-43-41-58(56-33-19-35-61(45-56)79-2)47-69(67)77(71)74-64(53-28-14-6-15-29-53)38-21-39-65(74)54-30-16-7-17-31-54/h4-7,10-21,24-50H,3,8-9,22-23H2,1-2H3. The van der Waals surface area contributed by atoms with Gasteiger partial charge in [0.05, 0.1) is 25.6 Å². The van der Waals surface area contributed by atoms with Crippen molar-refractivity contribution in [1.29, 1.82) is 0 Å². The Kier molecular flexibility index (Phi) is 12.5. The van der Waals surface area contributed by atoms with Crippen LogP contribution < -0.4 is 35.7 Å². The van der Waals surface area contributed by atoms with Crippen molar-refractivity contribution in [3.8, 4) is 78.3 Å². The van der Waals surface area contributed by atoms with E-state index in [0.29, 0.717) is 5.92 Å². The minimum Gasteiger partial charge on any atom is -0.497 e. The van der Waals surface area contributed by atoms with Gasteiger partial charge in [0, 0.05) is 45.0 Å². The number of hydrogen-bond donors (Lipinski definition) is 0. The van der Waals surface area contributed by atoms with E-state index in [4.69, 9.17) is 9.47 Å². The minimum atomic E-state index is -0.130. The summed E-state index contributed by atoms with van der Waals surface area (Å²) in [5.74, 6) is 2.06. The van der Waals surface area contributed by atoms with E-state index in [9.17, 15) is 0 Å². The van der Waals surface area contributed by atoms with Crippen LogP contribution in [0.3, 0.4) is 0 Å². The quantitative estimate of drug-likeness (QED) is 0.121. The van der Waals surface area contributed by atoms with Gasteiger partial charge in [-0.05, 0) is 134 Å². The Labute approximate surface area is 464 Å². The summed E-state index contributed by atoms with van der Waals surface area (Å²) in [4.78, 5) is 5.36. The van der Waals surface area contributed by atoms with Crippen LogP contribution in [-0.4, -0.2) is 20.9 Å². The normalized spacial score (nSPS) is 13.6. The molecule has 3 aliphatic rings. The van der Waals surface area contributed by atoms with Crippen LogP contribution in [0.15, 0.2) is 255 Å². The maximum Gasteiger partial charge on any atom is 0.252 e. The highest BCUT2D eigenvalue weighted by atomic mass is 16.5. The molecule has 0 N–H and O–H groups in total. The molecular weight excluding hydrogens is 960 g/mol. The Morgan fingerprint density at radius 1 is 0.329 bits per heavy atom. The second-order valence-electron chi connectivity index (χ2n) is 21.3. The molecule has 5 heteroatoms. The van der Waals surface area contributed by atoms with Crippen molar-refractivity contribution in [2.24, 2.45) is 0 Å². The highest BCUT2D eigenvalue weighted by Gasteiger charge is 2.46. The van der Waals surface area contributed by atoms with E-state index in [1.165, 1.54) is 97.1 Å². The summed E-state index contributed by atoms with van der Waals surface area (Å²) in [6.45, 7) is -0.130. The number of nitrogens with zero attached hydrogens (tertiary/aromatic N) is 2. The van der Waals surface area contributed by atoms with Gasteiger partial charge in [-0.25, -0.2) is 0 Å². The van der Waals surface area contributed by atoms with Crippen molar-refractivity contribution in [2.75, 3.05) is 24.0 Å². The number of hydrogen-bond acceptors (Lipinski definition) is 4. The lowest BCUT2D eigenvalue weighted by atomic mass is 9.33. The smallest absolute Gasteiger partial charge is 0.252 e. The third-order valence-electron chi connectivity index (χ3n) is 16.8. The largest absolute Gasteiger partial charge is 0.497 e. The van der Waals surface area contributed by atoms with E-state index in [2.05, 4.69) is 252 Å². The first kappa shape index (κ1) is 48.1. The van der Waals surface area contributed by atoms with E-state index in [1.807, 2.05) is 12.1 Å². The first-order chi connectivity index (χ1) is 39.1. The van der Waals surface area contributed by atoms with Crippen LogP contribution in [-0.2, 0) is 0 Å². The van der Waals surface area contributed by atoms with Gasteiger partial charge in [0.25, 0.3) is 6.71 Å². The summed E-state index contributed by atoms with van der Waals surface area (Å²) in [5, 5.41) is 0. The highest BCUT2D eigenvalue weighted by molar-refractivity contribution is 7.00. The average Bonchev–Trinajstić information content (AvgIpc) is 3.58. The third-order valence-corrected chi connectivity index (χ3v) is 16.8. The molecule has 0 bridgehead atoms. The fraction of sp³-hybridized carbons (Fsp3) is 0.108. The molecule has 14 rings (SSSR count). The van der Waals surface area contributed by atoms with Gasteiger partial charge < -0.3 is 19.3 Å². The predicted octanol–water partition coefficient (Wildman–Crippen LogP) is 17.8. The van der Waals surface area contributed by atoms with Crippen molar-refractivity contribution >= 4 is 57.2 Å². The first-order valence-electron chi connectivity index (χ1n) is 27.9. The van der Waals surface area contributed by atoms with Gasteiger partial charge in [-0.1, -0.05) is 226 Å². The molecule has 2 aliphatic heterocycles. The minimum absolute atomic E-state index is 0.130. The fourth-order valence-electron chi connectivity index (χ4n) is 13.1. The molecule has 11 aromatic rings. The van der Waals surface area contributed by atoms with Gasteiger partial charge in [-0.2, -0.15) is 0 Å². The summed E-state index contributed by atoms with van der Waals surface area (Å²) < 4.78 is 11.7. The molecule has 1 fully saturated rings. The van der Waals surface area contributed by atoms with Crippen molar-refractivity contribution in [1.82, 2.24) is 0 Å². The summed E-state index contributed by atoms with van der Waals surface area (Å²) in [6, 6.07) is 94.5. The first-order valence-corrected chi connectivity index (χ1v) is 27.9. The van der Waals surface area contributed by atoms with Gasteiger partial charge in [0.1, 0.15) is 11.5 Å². The molecule has 0 saturated heterocycles. The molecule has 0 amide bonds. The molecule has 0 aromatic heterocycles. The van der Waals surface area contributed by atoms with Crippen LogP contribution in [0.1, 0.15) is 43.6 Å². The molecule has 11 aromatic carbocycles. The topological polar surface area (TPSA) is 24.9 Å². The van der Waals surface area contributed by atoms with Gasteiger partial charge in [-0.3, -0.25) is 0 Å². The van der Waals surface area contributed by atoms with E-state index in [-0.39, 0.29) is 6.71 Å². The van der Waals surface area contributed by atoms with Crippen molar-refractivity contribution in [3.05, 3.63) is 260 Å². The zero-order valence-corrected chi connectivity index (χ0v) is 44.6. The number of methoxy groups -OCH3 is 2. The van der Waals surface area contributed by atoms with Crippen LogP contribution in [0.25, 0.3) is 66.8 Å². The zero-order chi connectivity index (χ0) is 52.8. The second-order valence-corrected chi connectivity index (χ2v) is 21.3. The van der Waals surface area contributed by atoms with Gasteiger partial charge in [-0.15, -0.1) is 0 Å². The lowest BCUT2D eigenvalue weighted by Crippen LogP contribution is -2.61. The lowest BCUT2D eigenvalue weighted by Gasteiger charge is -2.46. The SMILES string of the molecule is COc1cccc(-c2ccc3c(c2)N(c2c(-c4ccccc4)cccc2-c2ccccc2)c2cc(C4CCCCC4)cc4c2B3c2ccc(-c3cccc(OC)c3)cc2N4c2c(-c3ccccc3)cccc2-c2ccccc2)c1. The molecule has 79 heavy (non-hydrogen) atoms. The molecule has 0 radical (unpaired) electrons. The average molecular weight is 1020 g/mol. The van der Waals surface area contributed by atoms with Crippen LogP contribution >= 0.6 is 0 Å². The predicted molar refractivity (Wildman–Crippen MR) is 332 cm³/mol. The third kappa shape index (κ3) is 8.58. The van der Waals surface area contributed by atoms with Gasteiger partial charge in [0.15, 0.2) is 0 Å². The summed E-state index contributed by atoms with van der Waals surface area (Å²) in [7, 11) is 3.50. The number of benzene rings is 11. The van der Waals surface area contributed by atoms with Crippen molar-refractivity contribution in [3.63, 3.8) is 0 Å². The molecular formula is C74H59BN2O2. The van der Waals surface area contributed by atoms with E-state index in [1.54, 1.807) is 14.2 Å². The van der Waals surface area contributed by atoms with Crippen molar-refractivity contribution < 1.29 is 9.47 Å². The van der Waals surface area contributed by atoms with E-state index >= 15 is 0 Å². The molecule has 4 nitrogen and oxygen atoms in total. The molecule has 0 atom stereocenters. The highest BCUT2D eigenvalue weighted by Crippen LogP contribution is 2.54. The molecule has 1 saturated carbocycles. The Morgan fingerprint density at radius 2 is 0.684 bits per heavy atom. The molecule has 2 heterocycles. The molecule has 0 spiro atoms. The number of rotatable bonds is 11. The number of anilines is 6. The molecule has 1 aliphatic carbocycles. The summed E-state index contributed by atoms with van der Waals surface area (Å²) >= 11 is 0. The maximum absolute atomic E-state index is 5.87. The summed E-state index contributed by atoms with van der Waals surface area (Å²) in [6.07, 6.45) is 6.01. The Balaban J connectivity index is 1.15. The monoisotopic (exact) mass is 1020 g/mol. The maximum atomic E-state index is 5.87. The molecule has 0 unspecified atom stereocenters. The number of para-hydroxylation sites is 2. The zero-order valence-electron chi connectivity index (χ0n) is 44.6. The van der Waals surface area contributed by atoms with Crippen LogP contribution in [0.2, 0.25) is 0 Å². The second kappa shape index (κ2) is 20.6. The van der Waals surface area contributed by atoms with Crippen LogP contribution in [0.5, 0.6) is 11.5 Å². The molecule has 380 valence electrons. The van der Waals surface area contributed by atoms with E-state index < -0.39 is 0 Å².